The van der Waals surface area contributed by atoms with Crippen molar-refractivity contribution in [1.29, 1.82) is 0 Å². The summed E-state index contributed by atoms with van der Waals surface area (Å²) in [5.41, 5.74) is 2.86. The first-order valence-electron chi connectivity index (χ1n) is 10.8. The molecule has 1 aliphatic rings. The lowest BCUT2D eigenvalue weighted by molar-refractivity contribution is -0.117. The molecule has 1 amide bonds. The van der Waals surface area contributed by atoms with Crippen LogP contribution in [0.2, 0.25) is 5.02 Å². The highest BCUT2D eigenvalue weighted by Crippen LogP contribution is 2.43. The van der Waals surface area contributed by atoms with E-state index in [2.05, 4.69) is 20.5 Å². The average molecular weight is 505 g/mol. The number of benzene rings is 2. The molecule has 1 fully saturated rings. The molecule has 0 aliphatic heterocycles. The van der Waals surface area contributed by atoms with Gasteiger partial charge in [-0.05, 0) is 38.2 Å². The van der Waals surface area contributed by atoms with Gasteiger partial charge in [0, 0.05) is 31.1 Å². The van der Waals surface area contributed by atoms with Crippen molar-refractivity contribution in [2.24, 2.45) is 5.92 Å². The van der Waals surface area contributed by atoms with Gasteiger partial charge in [0.05, 0.1) is 32.9 Å². The van der Waals surface area contributed by atoms with E-state index >= 15 is 4.39 Å². The normalized spacial score (nSPS) is 17.6. The Balaban J connectivity index is 1.53. The maximum atomic E-state index is 15.6. The summed E-state index contributed by atoms with van der Waals surface area (Å²) in [6.45, 7) is 1.36. The monoisotopic (exact) mass is 504 g/mol. The maximum Gasteiger partial charge on any atom is 0.232 e. The molecule has 2 aromatic heterocycles. The first-order valence-corrected chi connectivity index (χ1v) is 12.0. The lowest BCUT2D eigenvalue weighted by Crippen LogP contribution is -2.29. The van der Waals surface area contributed by atoms with E-state index in [9.17, 15) is 9.18 Å². The highest BCUT2D eigenvalue weighted by molar-refractivity contribution is 7.22. The molecule has 0 saturated heterocycles. The van der Waals surface area contributed by atoms with Crippen molar-refractivity contribution < 1.29 is 13.6 Å². The number of fused-ring (bicyclic) bond motifs is 2. The molecule has 1 saturated carbocycles. The summed E-state index contributed by atoms with van der Waals surface area (Å²) in [5, 5.41) is 10.9. The van der Waals surface area contributed by atoms with Crippen LogP contribution in [0.1, 0.15) is 6.42 Å². The van der Waals surface area contributed by atoms with Crippen LogP contribution in [0.3, 0.4) is 0 Å². The summed E-state index contributed by atoms with van der Waals surface area (Å²) in [6, 6.07) is 5.47. The number of hydrogen-bond donors (Lipinski definition) is 2. The number of thiazole rings is 1. The summed E-state index contributed by atoms with van der Waals surface area (Å²) < 4.78 is 29.5. The number of carbonyl (C=O) groups excluding carboxylic acids is 1. The lowest BCUT2D eigenvalue weighted by atomic mass is 10.00. The molecule has 34 heavy (non-hydrogen) atoms. The number of anilines is 2. The Labute approximate surface area is 203 Å². The fourth-order valence-electron chi connectivity index (χ4n) is 3.97. The van der Waals surface area contributed by atoms with Gasteiger partial charge in [-0.3, -0.25) is 9.89 Å². The zero-order valence-corrected chi connectivity index (χ0v) is 20.4. The fourth-order valence-corrected chi connectivity index (χ4v) is 5.18. The number of nitrogens with zero attached hydrogens (tertiary/aromatic N) is 4. The van der Waals surface area contributed by atoms with Crippen LogP contribution < -0.4 is 10.2 Å². The molecule has 5 rings (SSSR count). The van der Waals surface area contributed by atoms with Crippen LogP contribution in [-0.2, 0) is 4.79 Å². The van der Waals surface area contributed by atoms with E-state index in [1.807, 2.05) is 43.1 Å². The highest BCUT2D eigenvalue weighted by Gasteiger charge is 2.43. The largest absolute Gasteiger partial charge is 0.369 e. The van der Waals surface area contributed by atoms with Gasteiger partial charge in [-0.15, -0.1) is 0 Å². The zero-order valence-electron chi connectivity index (χ0n) is 18.8. The van der Waals surface area contributed by atoms with E-state index < -0.39 is 17.9 Å². The molecule has 11 heteroatoms. The fraction of sp³-hybridized carbons (Fsp3) is 0.348. The highest BCUT2D eigenvalue weighted by atomic mass is 35.5. The first kappa shape index (κ1) is 22.9. The smallest absolute Gasteiger partial charge is 0.232 e. The summed E-state index contributed by atoms with van der Waals surface area (Å²) in [5.74, 6) is -1.46. The van der Waals surface area contributed by atoms with E-state index in [4.69, 9.17) is 11.6 Å². The lowest BCUT2D eigenvalue weighted by Gasteiger charge is -2.24. The van der Waals surface area contributed by atoms with Gasteiger partial charge in [0.2, 0.25) is 5.91 Å². The third-order valence-electron chi connectivity index (χ3n) is 5.99. The second-order valence-electron chi connectivity index (χ2n) is 8.78. The number of halogens is 3. The van der Waals surface area contributed by atoms with E-state index in [1.165, 1.54) is 11.3 Å². The average Bonchev–Trinajstić information content (AvgIpc) is 3.16. The predicted octanol–water partition coefficient (Wildman–Crippen LogP) is 4.93. The van der Waals surface area contributed by atoms with E-state index in [0.29, 0.717) is 44.9 Å². The van der Waals surface area contributed by atoms with Crippen molar-refractivity contribution in [2.45, 2.75) is 12.6 Å². The molecule has 178 valence electrons. The quantitative estimate of drug-likeness (QED) is 0.373. The van der Waals surface area contributed by atoms with Crippen LogP contribution in [-0.4, -0.2) is 66.4 Å². The van der Waals surface area contributed by atoms with Gasteiger partial charge < -0.3 is 15.1 Å². The second kappa shape index (κ2) is 8.75. The molecule has 0 unspecified atom stereocenters. The summed E-state index contributed by atoms with van der Waals surface area (Å²) in [7, 11) is 5.74. The van der Waals surface area contributed by atoms with Gasteiger partial charge in [0.15, 0.2) is 10.9 Å². The van der Waals surface area contributed by atoms with Crippen molar-refractivity contribution in [3.8, 4) is 11.1 Å². The minimum Gasteiger partial charge on any atom is -0.369 e. The number of alkyl halides is 1. The molecule has 2 heterocycles. The Morgan fingerprint density at radius 1 is 1.32 bits per heavy atom. The molecule has 0 bridgehead atoms. The molecular formula is C23H23ClF2N6OS. The Hall–Kier alpha value is -2.82. The SMILES string of the molecule is CN(C)CCN(C)c1c(F)c(Cl)c(-c2ccc3nc(NC(=O)[C@@H]4C[C@@H]4F)sc3c2)c2cn[nH]c12. The Bertz CT molecular complexity index is 1400. The molecule has 2 aromatic carbocycles. The van der Waals surface area contributed by atoms with Gasteiger partial charge >= 0.3 is 0 Å². The van der Waals surface area contributed by atoms with Crippen LogP contribution in [0.15, 0.2) is 24.4 Å². The van der Waals surface area contributed by atoms with Crippen LogP contribution in [0.5, 0.6) is 0 Å². The predicted molar refractivity (Wildman–Crippen MR) is 133 cm³/mol. The third kappa shape index (κ3) is 4.10. The number of aromatic nitrogens is 3. The number of amides is 1. The Kier molecular flexibility index (Phi) is 5.91. The Morgan fingerprint density at radius 3 is 2.79 bits per heavy atom. The van der Waals surface area contributed by atoms with Crippen LogP contribution in [0, 0.1) is 11.7 Å². The molecule has 2 atom stereocenters. The number of likely N-dealkylation sites (N-methyl/N-ethyl adjacent to an activating group) is 2. The summed E-state index contributed by atoms with van der Waals surface area (Å²) in [4.78, 5) is 20.3. The number of rotatable bonds is 7. The van der Waals surface area contributed by atoms with Gasteiger partial charge in [0.1, 0.15) is 11.9 Å². The van der Waals surface area contributed by atoms with Crippen molar-refractivity contribution >= 4 is 60.8 Å². The number of carbonyl (C=O) groups is 1. The summed E-state index contributed by atoms with van der Waals surface area (Å²) in [6.07, 6.45) is 0.830. The van der Waals surface area contributed by atoms with Gasteiger partial charge in [0.25, 0.3) is 0 Å². The molecule has 1 aliphatic carbocycles. The van der Waals surface area contributed by atoms with Crippen LogP contribution in [0.4, 0.5) is 19.6 Å². The molecule has 4 aromatic rings. The number of hydrogen-bond acceptors (Lipinski definition) is 6. The first-order chi connectivity index (χ1) is 16.2. The van der Waals surface area contributed by atoms with Crippen LogP contribution >= 0.6 is 22.9 Å². The Morgan fingerprint density at radius 2 is 2.09 bits per heavy atom. The van der Waals surface area contributed by atoms with Crippen molar-refractivity contribution in [3.05, 3.63) is 35.2 Å². The maximum absolute atomic E-state index is 15.6. The number of H-pyrrole nitrogens is 1. The van der Waals surface area contributed by atoms with E-state index in [1.54, 1.807) is 12.3 Å². The molecule has 2 N–H and O–H groups in total. The minimum absolute atomic E-state index is 0.0146. The molecule has 0 radical (unpaired) electrons. The second-order valence-corrected chi connectivity index (χ2v) is 10.2. The van der Waals surface area contributed by atoms with Crippen molar-refractivity contribution in [1.82, 2.24) is 20.1 Å². The standard InChI is InChI=1S/C23H23ClF2N6OS/c1-31(2)6-7-32(3)21-19(26)18(24)17(13-10-27-30-20(13)21)11-4-5-15-16(8-11)34-23(28-15)29-22(33)12-9-14(12)25/h4-5,8,10,12,14H,6-7,9H2,1-3H3,(H,27,30)(H,28,29,33)/t12-,14+/m1/s1. The van der Waals surface area contributed by atoms with Gasteiger partial charge in [-0.1, -0.05) is 29.0 Å². The van der Waals surface area contributed by atoms with E-state index in [-0.39, 0.29) is 17.4 Å². The third-order valence-corrected chi connectivity index (χ3v) is 7.28. The number of aromatic amines is 1. The van der Waals surface area contributed by atoms with Crippen molar-refractivity contribution in [2.75, 3.05) is 44.4 Å². The summed E-state index contributed by atoms with van der Waals surface area (Å²) >= 11 is 7.87. The molecule has 7 nitrogen and oxygen atoms in total. The topological polar surface area (TPSA) is 77.2 Å². The number of nitrogens with one attached hydrogen (secondary N) is 2. The van der Waals surface area contributed by atoms with E-state index in [0.717, 1.165) is 11.2 Å². The van der Waals surface area contributed by atoms with Crippen molar-refractivity contribution in [3.63, 3.8) is 0 Å². The van der Waals surface area contributed by atoms with Crippen LogP contribution in [0.25, 0.3) is 32.2 Å². The minimum atomic E-state index is -1.07. The van der Waals surface area contributed by atoms with Gasteiger partial charge in [-0.2, -0.15) is 5.10 Å². The molecule has 0 spiro atoms. The molecular weight excluding hydrogens is 482 g/mol. The van der Waals surface area contributed by atoms with Gasteiger partial charge in [-0.25, -0.2) is 13.8 Å². The zero-order chi connectivity index (χ0) is 24.1.